The molecular weight excluding hydrogens is 358 g/mol. The molecule has 0 aliphatic carbocycles. The number of fused-ring (bicyclic) bond motifs is 3. The number of H-pyrrole nitrogens is 1. The van der Waals surface area contributed by atoms with Gasteiger partial charge in [0.2, 0.25) is 0 Å². The Morgan fingerprint density at radius 2 is 1.69 bits per heavy atom. The van der Waals surface area contributed by atoms with E-state index >= 15 is 0 Å². The maximum atomic E-state index is 13.2. The summed E-state index contributed by atoms with van der Waals surface area (Å²) in [4.78, 5) is 18.8. The van der Waals surface area contributed by atoms with E-state index in [-0.39, 0.29) is 12.1 Å². The number of hydrogen-bond donors (Lipinski definition) is 2. The van der Waals surface area contributed by atoms with Crippen molar-refractivity contribution in [3.8, 4) is 0 Å². The van der Waals surface area contributed by atoms with Crippen LogP contribution in [0.25, 0.3) is 10.9 Å². The minimum atomic E-state index is -0.143. The number of benzene rings is 3. The van der Waals surface area contributed by atoms with E-state index in [1.807, 2.05) is 41.3 Å². The summed E-state index contributed by atoms with van der Waals surface area (Å²) in [5, 5.41) is 4.31. The summed E-state index contributed by atoms with van der Waals surface area (Å²) in [7, 11) is 0. The van der Waals surface area contributed by atoms with Crippen LogP contribution in [0.4, 0.5) is 10.5 Å². The second kappa shape index (κ2) is 7.13. The van der Waals surface area contributed by atoms with Crippen LogP contribution in [0.1, 0.15) is 28.4 Å². The Morgan fingerprint density at radius 3 is 2.48 bits per heavy atom. The van der Waals surface area contributed by atoms with Gasteiger partial charge in [-0.05, 0) is 42.7 Å². The monoisotopic (exact) mass is 381 g/mol. The summed E-state index contributed by atoms with van der Waals surface area (Å²) in [5.41, 5.74) is 6.69. The standard InChI is InChI=1S/C25H23N3O/c1-17-11-13-18(14-12-17)24-23-21(20-9-5-6-10-22(20)27-23)15-16-28(24)25(29)26-19-7-3-2-4-8-19/h2-14,24,27H,15-16H2,1H3,(H,26,29)/t24-/m1/s1. The second-order valence-electron chi connectivity index (χ2n) is 7.62. The number of para-hydroxylation sites is 2. The highest BCUT2D eigenvalue weighted by molar-refractivity contribution is 5.91. The van der Waals surface area contributed by atoms with Crippen molar-refractivity contribution in [1.82, 2.24) is 9.88 Å². The summed E-state index contributed by atoms with van der Waals surface area (Å²) >= 11 is 0. The van der Waals surface area contributed by atoms with Crippen LogP contribution in [0.3, 0.4) is 0 Å². The maximum Gasteiger partial charge on any atom is 0.322 e. The largest absolute Gasteiger partial charge is 0.356 e. The SMILES string of the molecule is Cc1ccc([C@@H]2c3[nH]c4ccccc4c3CCN2C(=O)Nc2ccccc2)cc1. The fourth-order valence-electron chi connectivity index (χ4n) is 4.27. The molecule has 1 aliphatic heterocycles. The number of aromatic amines is 1. The number of anilines is 1. The van der Waals surface area contributed by atoms with Crippen LogP contribution < -0.4 is 5.32 Å². The molecule has 0 bridgehead atoms. The molecule has 4 nitrogen and oxygen atoms in total. The van der Waals surface area contributed by atoms with E-state index in [1.165, 1.54) is 16.5 Å². The first-order valence-corrected chi connectivity index (χ1v) is 9.99. The molecule has 5 rings (SSSR count). The molecule has 1 aromatic heterocycles. The molecular formula is C25H23N3O. The molecule has 0 unspecified atom stereocenters. The molecule has 0 spiro atoms. The van der Waals surface area contributed by atoms with Gasteiger partial charge in [-0.15, -0.1) is 0 Å². The molecule has 1 atom stereocenters. The molecule has 0 saturated carbocycles. The number of rotatable bonds is 2. The fraction of sp³-hybridized carbons (Fsp3) is 0.160. The Balaban J connectivity index is 1.59. The molecule has 0 fully saturated rings. The lowest BCUT2D eigenvalue weighted by atomic mass is 9.92. The summed E-state index contributed by atoms with van der Waals surface area (Å²) in [5.74, 6) is 0. The number of carbonyl (C=O) groups is 1. The fourth-order valence-corrected chi connectivity index (χ4v) is 4.27. The molecule has 29 heavy (non-hydrogen) atoms. The number of nitrogens with one attached hydrogen (secondary N) is 2. The summed E-state index contributed by atoms with van der Waals surface area (Å²) in [6, 6.07) is 26.3. The van der Waals surface area contributed by atoms with Gasteiger partial charge in [0, 0.05) is 28.8 Å². The minimum Gasteiger partial charge on any atom is -0.356 e. The van der Waals surface area contributed by atoms with E-state index in [2.05, 4.69) is 59.7 Å². The molecule has 2 amide bonds. The lowest BCUT2D eigenvalue weighted by Gasteiger charge is -2.36. The first kappa shape index (κ1) is 17.6. The van der Waals surface area contributed by atoms with E-state index in [9.17, 15) is 4.79 Å². The van der Waals surface area contributed by atoms with Crippen molar-refractivity contribution in [2.75, 3.05) is 11.9 Å². The summed E-state index contributed by atoms with van der Waals surface area (Å²) < 4.78 is 0. The van der Waals surface area contributed by atoms with E-state index in [0.717, 1.165) is 28.9 Å². The number of urea groups is 1. The summed E-state index contributed by atoms with van der Waals surface area (Å²) in [6.45, 7) is 2.75. The van der Waals surface area contributed by atoms with E-state index in [1.54, 1.807) is 0 Å². The minimum absolute atomic E-state index is 0.0777. The molecule has 1 aliphatic rings. The van der Waals surface area contributed by atoms with Gasteiger partial charge in [-0.1, -0.05) is 66.2 Å². The molecule has 0 radical (unpaired) electrons. The van der Waals surface area contributed by atoms with E-state index in [0.29, 0.717) is 6.54 Å². The Bertz CT molecular complexity index is 1160. The third-order valence-electron chi connectivity index (χ3n) is 5.71. The Hall–Kier alpha value is -3.53. The van der Waals surface area contributed by atoms with Crippen molar-refractivity contribution in [2.45, 2.75) is 19.4 Å². The quantitative estimate of drug-likeness (QED) is 0.463. The zero-order chi connectivity index (χ0) is 19.8. The number of aryl methyl sites for hydroxylation is 1. The van der Waals surface area contributed by atoms with Crippen molar-refractivity contribution in [2.24, 2.45) is 0 Å². The van der Waals surface area contributed by atoms with Crippen LogP contribution in [0.15, 0.2) is 78.9 Å². The van der Waals surface area contributed by atoms with Crippen LogP contribution in [0, 0.1) is 6.92 Å². The van der Waals surface area contributed by atoms with Gasteiger partial charge in [-0.2, -0.15) is 0 Å². The van der Waals surface area contributed by atoms with Gasteiger partial charge in [-0.25, -0.2) is 4.79 Å². The lowest BCUT2D eigenvalue weighted by molar-refractivity contribution is 0.193. The third-order valence-corrected chi connectivity index (χ3v) is 5.71. The molecule has 2 N–H and O–H groups in total. The first-order chi connectivity index (χ1) is 14.2. The van der Waals surface area contributed by atoms with Crippen molar-refractivity contribution in [3.63, 3.8) is 0 Å². The Labute approximate surface area is 170 Å². The molecule has 0 saturated heterocycles. The molecule has 2 heterocycles. The number of amides is 2. The highest BCUT2D eigenvalue weighted by Crippen LogP contribution is 2.38. The molecule has 144 valence electrons. The van der Waals surface area contributed by atoms with Gasteiger partial charge in [0.05, 0.1) is 6.04 Å². The highest BCUT2D eigenvalue weighted by atomic mass is 16.2. The maximum absolute atomic E-state index is 13.2. The smallest absolute Gasteiger partial charge is 0.322 e. The van der Waals surface area contributed by atoms with Crippen molar-refractivity contribution in [3.05, 3.63) is 101 Å². The number of hydrogen-bond acceptors (Lipinski definition) is 1. The zero-order valence-electron chi connectivity index (χ0n) is 16.4. The van der Waals surface area contributed by atoms with Crippen LogP contribution in [-0.2, 0) is 6.42 Å². The average Bonchev–Trinajstić information content (AvgIpc) is 3.13. The van der Waals surface area contributed by atoms with Gasteiger partial charge in [0.15, 0.2) is 0 Å². The van der Waals surface area contributed by atoms with Gasteiger partial charge < -0.3 is 15.2 Å². The van der Waals surface area contributed by atoms with Gasteiger partial charge in [0.25, 0.3) is 0 Å². The Morgan fingerprint density at radius 1 is 0.966 bits per heavy atom. The predicted molar refractivity (Wildman–Crippen MR) is 117 cm³/mol. The van der Waals surface area contributed by atoms with Crippen molar-refractivity contribution >= 4 is 22.6 Å². The van der Waals surface area contributed by atoms with Crippen LogP contribution in [0.5, 0.6) is 0 Å². The average molecular weight is 381 g/mol. The topological polar surface area (TPSA) is 48.1 Å². The van der Waals surface area contributed by atoms with Gasteiger partial charge in [-0.3, -0.25) is 0 Å². The van der Waals surface area contributed by atoms with Crippen LogP contribution in [-0.4, -0.2) is 22.5 Å². The molecule has 4 heteroatoms. The second-order valence-corrected chi connectivity index (χ2v) is 7.62. The zero-order valence-corrected chi connectivity index (χ0v) is 16.4. The van der Waals surface area contributed by atoms with Crippen LogP contribution >= 0.6 is 0 Å². The first-order valence-electron chi connectivity index (χ1n) is 9.99. The van der Waals surface area contributed by atoms with Crippen LogP contribution in [0.2, 0.25) is 0 Å². The number of carbonyl (C=O) groups excluding carboxylic acids is 1. The molecule has 4 aromatic rings. The third kappa shape index (κ3) is 3.17. The Kier molecular flexibility index (Phi) is 4.32. The van der Waals surface area contributed by atoms with Gasteiger partial charge >= 0.3 is 6.03 Å². The predicted octanol–water partition coefficient (Wildman–Crippen LogP) is 5.66. The van der Waals surface area contributed by atoms with Gasteiger partial charge in [0.1, 0.15) is 0 Å². The summed E-state index contributed by atoms with van der Waals surface area (Å²) in [6.07, 6.45) is 0.837. The normalized spacial score (nSPS) is 15.9. The number of nitrogens with zero attached hydrogens (tertiary/aromatic N) is 1. The molecule has 3 aromatic carbocycles. The highest BCUT2D eigenvalue weighted by Gasteiger charge is 2.34. The van der Waals surface area contributed by atoms with E-state index < -0.39 is 0 Å². The van der Waals surface area contributed by atoms with Crippen molar-refractivity contribution < 1.29 is 4.79 Å². The lowest BCUT2D eigenvalue weighted by Crippen LogP contribution is -2.43. The van der Waals surface area contributed by atoms with E-state index in [4.69, 9.17) is 0 Å². The number of aromatic nitrogens is 1. The van der Waals surface area contributed by atoms with Crippen molar-refractivity contribution in [1.29, 1.82) is 0 Å².